The van der Waals surface area contributed by atoms with Crippen molar-refractivity contribution in [2.24, 2.45) is 0 Å². The molecule has 21 heavy (non-hydrogen) atoms. The average Bonchev–Trinajstić information content (AvgIpc) is 2.93. The molecule has 1 heteroatoms. The van der Waals surface area contributed by atoms with Gasteiger partial charge in [0, 0.05) is 12.0 Å². The van der Waals surface area contributed by atoms with Gasteiger partial charge in [-0.3, -0.25) is 0 Å². The minimum Gasteiger partial charge on any atom is -0.312 e. The molecular weight excluding hydrogens is 254 g/mol. The molecule has 1 N–H and O–H groups in total. The summed E-state index contributed by atoms with van der Waals surface area (Å²) in [5, 5.41) is 3.55. The molecule has 0 heterocycles. The Labute approximate surface area is 128 Å². The van der Waals surface area contributed by atoms with Crippen LogP contribution in [0.5, 0.6) is 0 Å². The zero-order chi connectivity index (χ0) is 14.8. The van der Waals surface area contributed by atoms with Crippen LogP contribution in [0.2, 0.25) is 0 Å². The third kappa shape index (κ3) is 2.75. The fraction of sp³-hybridized carbons (Fsp3) is 0.400. The summed E-state index contributed by atoms with van der Waals surface area (Å²) in [4.78, 5) is 0. The first-order chi connectivity index (χ1) is 10.2. The molecule has 2 unspecified atom stereocenters. The molecule has 2 aromatic rings. The first-order valence-electron chi connectivity index (χ1n) is 8.05. The third-order valence-corrected chi connectivity index (χ3v) is 4.85. The van der Waals surface area contributed by atoms with Crippen LogP contribution in [0.1, 0.15) is 60.4 Å². The summed E-state index contributed by atoms with van der Waals surface area (Å²) < 4.78 is 0. The second-order valence-corrected chi connectivity index (χ2v) is 6.43. The standard InChI is InChI=1S/C20H25N/c1-14(2)15-8-10-17(11-9-15)20(21-3)19-13-12-16-6-4-5-7-18(16)19/h4-11,14,19-21H,12-13H2,1-3H3. The molecule has 0 amide bonds. The van der Waals surface area contributed by atoms with E-state index < -0.39 is 0 Å². The van der Waals surface area contributed by atoms with Crippen molar-refractivity contribution in [2.75, 3.05) is 7.05 Å². The van der Waals surface area contributed by atoms with Gasteiger partial charge in [-0.1, -0.05) is 62.4 Å². The van der Waals surface area contributed by atoms with E-state index in [0.717, 1.165) is 0 Å². The summed E-state index contributed by atoms with van der Waals surface area (Å²) in [6, 6.07) is 18.5. The molecule has 1 aliphatic rings. The van der Waals surface area contributed by atoms with Gasteiger partial charge in [0.25, 0.3) is 0 Å². The minimum absolute atomic E-state index is 0.412. The highest BCUT2D eigenvalue weighted by Gasteiger charge is 2.29. The lowest BCUT2D eigenvalue weighted by Gasteiger charge is -2.25. The van der Waals surface area contributed by atoms with Crippen LogP contribution in [0.4, 0.5) is 0 Å². The molecule has 0 saturated heterocycles. The van der Waals surface area contributed by atoms with Crippen LogP contribution in [0.25, 0.3) is 0 Å². The number of nitrogens with one attached hydrogen (secondary N) is 1. The molecule has 2 aromatic carbocycles. The Bertz CT molecular complexity index is 597. The Kier molecular flexibility index (Phi) is 4.12. The Morgan fingerprint density at radius 1 is 0.952 bits per heavy atom. The van der Waals surface area contributed by atoms with Gasteiger partial charge < -0.3 is 5.32 Å². The molecule has 110 valence electrons. The van der Waals surface area contributed by atoms with Crippen molar-refractivity contribution in [1.82, 2.24) is 5.32 Å². The average molecular weight is 279 g/mol. The summed E-state index contributed by atoms with van der Waals surface area (Å²) in [5.41, 5.74) is 5.88. The van der Waals surface area contributed by atoms with E-state index in [9.17, 15) is 0 Å². The monoisotopic (exact) mass is 279 g/mol. The van der Waals surface area contributed by atoms with Crippen LogP contribution in [-0.4, -0.2) is 7.05 Å². The molecule has 2 atom stereocenters. The number of likely N-dealkylation sites (N-methyl/N-ethyl adjacent to an activating group) is 1. The Balaban J connectivity index is 1.89. The van der Waals surface area contributed by atoms with Gasteiger partial charge in [0.2, 0.25) is 0 Å². The summed E-state index contributed by atoms with van der Waals surface area (Å²) in [7, 11) is 2.09. The number of fused-ring (bicyclic) bond motifs is 1. The molecule has 0 bridgehead atoms. The number of hydrogen-bond acceptors (Lipinski definition) is 1. The maximum atomic E-state index is 3.55. The molecule has 1 aliphatic carbocycles. The molecule has 0 saturated carbocycles. The van der Waals surface area contributed by atoms with Crippen molar-refractivity contribution < 1.29 is 0 Å². The smallest absolute Gasteiger partial charge is 0.0387 e. The predicted octanol–water partition coefficient (Wildman–Crippen LogP) is 4.80. The Morgan fingerprint density at radius 2 is 1.62 bits per heavy atom. The third-order valence-electron chi connectivity index (χ3n) is 4.85. The van der Waals surface area contributed by atoms with Crippen molar-refractivity contribution in [2.45, 2.75) is 44.6 Å². The number of rotatable bonds is 4. The maximum Gasteiger partial charge on any atom is 0.0387 e. The van der Waals surface area contributed by atoms with E-state index in [1.807, 2.05) is 0 Å². The van der Waals surface area contributed by atoms with Crippen molar-refractivity contribution >= 4 is 0 Å². The zero-order valence-corrected chi connectivity index (χ0v) is 13.3. The zero-order valence-electron chi connectivity index (χ0n) is 13.3. The first kappa shape index (κ1) is 14.3. The Hall–Kier alpha value is -1.60. The van der Waals surface area contributed by atoms with Gasteiger partial charge in [-0.2, -0.15) is 0 Å². The SMILES string of the molecule is CNC(c1ccc(C(C)C)cc1)C1CCc2ccccc21. The fourth-order valence-electron chi connectivity index (χ4n) is 3.62. The van der Waals surface area contributed by atoms with Crippen molar-refractivity contribution in [3.8, 4) is 0 Å². The van der Waals surface area contributed by atoms with Gasteiger partial charge in [0.1, 0.15) is 0 Å². The lowest BCUT2D eigenvalue weighted by atomic mass is 9.87. The van der Waals surface area contributed by atoms with Crippen LogP contribution < -0.4 is 5.32 Å². The summed E-state index contributed by atoms with van der Waals surface area (Å²) in [6.07, 6.45) is 2.46. The highest BCUT2D eigenvalue weighted by molar-refractivity contribution is 5.39. The molecule has 0 fully saturated rings. The van der Waals surface area contributed by atoms with Crippen molar-refractivity contribution in [3.63, 3.8) is 0 Å². The Morgan fingerprint density at radius 3 is 2.29 bits per heavy atom. The second-order valence-electron chi connectivity index (χ2n) is 6.43. The lowest BCUT2D eigenvalue weighted by Crippen LogP contribution is -2.22. The minimum atomic E-state index is 0.412. The lowest BCUT2D eigenvalue weighted by molar-refractivity contribution is 0.476. The van der Waals surface area contributed by atoms with Crippen molar-refractivity contribution in [3.05, 3.63) is 70.8 Å². The summed E-state index contributed by atoms with van der Waals surface area (Å²) in [6.45, 7) is 4.50. The van der Waals surface area contributed by atoms with Crippen LogP contribution in [0.15, 0.2) is 48.5 Å². The number of hydrogen-bond donors (Lipinski definition) is 1. The van der Waals surface area contributed by atoms with Crippen molar-refractivity contribution in [1.29, 1.82) is 0 Å². The molecule has 0 aromatic heterocycles. The molecular formula is C20H25N. The van der Waals surface area contributed by atoms with Gasteiger partial charge in [-0.05, 0) is 48.1 Å². The first-order valence-corrected chi connectivity index (χ1v) is 8.05. The van der Waals surface area contributed by atoms with E-state index in [2.05, 4.69) is 74.7 Å². The summed E-state index contributed by atoms with van der Waals surface area (Å²) in [5.74, 6) is 1.19. The molecule has 0 aliphatic heterocycles. The van der Waals surface area contributed by atoms with E-state index in [0.29, 0.717) is 17.9 Å². The van der Waals surface area contributed by atoms with Gasteiger partial charge in [0.15, 0.2) is 0 Å². The van der Waals surface area contributed by atoms with Crippen LogP contribution in [-0.2, 0) is 6.42 Å². The van der Waals surface area contributed by atoms with Crippen LogP contribution in [0, 0.1) is 0 Å². The predicted molar refractivity (Wildman–Crippen MR) is 89.8 cm³/mol. The topological polar surface area (TPSA) is 12.0 Å². The molecule has 0 radical (unpaired) electrons. The molecule has 3 rings (SSSR count). The van der Waals surface area contributed by atoms with Gasteiger partial charge in [0.05, 0.1) is 0 Å². The molecule has 1 nitrogen and oxygen atoms in total. The van der Waals surface area contributed by atoms with E-state index in [1.54, 1.807) is 0 Å². The number of aryl methyl sites for hydroxylation is 1. The second kappa shape index (κ2) is 6.03. The highest BCUT2D eigenvalue weighted by atomic mass is 14.9. The highest BCUT2D eigenvalue weighted by Crippen LogP contribution is 2.41. The normalized spacial score (nSPS) is 18.8. The quantitative estimate of drug-likeness (QED) is 0.847. The fourth-order valence-corrected chi connectivity index (χ4v) is 3.62. The number of benzene rings is 2. The van der Waals surface area contributed by atoms with E-state index in [4.69, 9.17) is 0 Å². The van der Waals surface area contributed by atoms with Gasteiger partial charge in [-0.25, -0.2) is 0 Å². The van der Waals surface area contributed by atoms with Crippen LogP contribution >= 0.6 is 0 Å². The van der Waals surface area contributed by atoms with Gasteiger partial charge >= 0.3 is 0 Å². The largest absolute Gasteiger partial charge is 0.312 e. The van der Waals surface area contributed by atoms with Crippen LogP contribution in [0.3, 0.4) is 0 Å². The van der Waals surface area contributed by atoms with Gasteiger partial charge in [-0.15, -0.1) is 0 Å². The van der Waals surface area contributed by atoms with E-state index in [-0.39, 0.29) is 0 Å². The maximum absolute atomic E-state index is 3.55. The molecule has 0 spiro atoms. The summed E-state index contributed by atoms with van der Waals surface area (Å²) >= 11 is 0. The van der Waals surface area contributed by atoms with E-state index in [1.165, 1.54) is 35.1 Å². The van der Waals surface area contributed by atoms with E-state index >= 15 is 0 Å².